The minimum atomic E-state index is -0.409. The average molecular weight is 321 g/mol. The number of piperazine rings is 1. The van der Waals surface area contributed by atoms with E-state index in [0.717, 1.165) is 45.6 Å². The van der Waals surface area contributed by atoms with Crippen LogP contribution in [0.15, 0.2) is 24.3 Å². The molecule has 1 aromatic rings. The van der Waals surface area contributed by atoms with Crippen LogP contribution in [0.1, 0.15) is 12.8 Å². The van der Waals surface area contributed by atoms with Gasteiger partial charge < -0.3 is 14.9 Å². The Balaban J connectivity index is 1.56. The first-order chi connectivity index (χ1) is 11.2. The van der Waals surface area contributed by atoms with Crippen LogP contribution in [0.2, 0.25) is 0 Å². The van der Waals surface area contributed by atoms with Crippen LogP contribution < -0.4 is 4.90 Å². The van der Waals surface area contributed by atoms with Gasteiger partial charge in [0.1, 0.15) is 12.4 Å². The minimum Gasteiger partial charge on any atom is -0.387 e. The Labute approximate surface area is 136 Å². The molecule has 2 fully saturated rings. The maximum Gasteiger partial charge on any atom is 0.248 e. The highest BCUT2D eigenvalue weighted by Gasteiger charge is 2.30. The molecule has 1 aromatic carbocycles. The molecule has 23 heavy (non-hydrogen) atoms. The molecule has 0 bridgehead atoms. The molecule has 1 amide bonds. The number of aliphatic hydroxyl groups excluding tert-OH is 1. The second kappa shape index (κ2) is 7.27. The van der Waals surface area contributed by atoms with Crippen molar-refractivity contribution in [2.75, 3.05) is 50.8 Å². The average Bonchev–Trinajstić information content (AvgIpc) is 2.62. The fourth-order valence-electron chi connectivity index (χ4n) is 3.62. The summed E-state index contributed by atoms with van der Waals surface area (Å²) in [5.74, 6) is -0.349. The van der Waals surface area contributed by atoms with E-state index in [4.69, 9.17) is 5.11 Å². The van der Waals surface area contributed by atoms with Gasteiger partial charge in [0, 0.05) is 45.3 Å². The first kappa shape index (κ1) is 16.2. The number of piperidine rings is 1. The number of hydrogen-bond donors (Lipinski definition) is 1. The molecule has 1 atom stereocenters. The quantitative estimate of drug-likeness (QED) is 0.900. The van der Waals surface area contributed by atoms with Crippen LogP contribution in [0.5, 0.6) is 0 Å². The predicted molar refractivity (Wildman–Crippen MR) is 86.9 cm³/mol. The fourth-order valence-corrected chi connectivity index (χ4v) is 3.62. The van der Waals surface area contributed by atoms with Gasteiger partial charge in [0.2, 0.25) is 5.91 Å². The first-order valence-electron chi connectivity index (χ1n) is 8.31. The van der Waals surface area contributed by atoms with Gasteiger partial charge in [0.25, 0.3) is 0 Å². The third-order valence-electron chi connectivity index (χ3n) is 4.91. The van der Waals surface area contributed by atoms with Gasteiger partial charge in [-0.15, -0.1) is 0 Å². The molecule has 5 nitrogen and oxygen atoms in total. The number of nitrogens with zero attached hydrogens (tertiary/aromatic N) is 3. The van der Waals surface area contributed by atoms with Crippen molar-refractivity contribution in [3.63, 3.8) is 0 Å². The Morgan fingerprint density at radius 3 is 2.61 bits per heavy atom. The summed E-state index contributed by atoms with van der Waals surface area (Å²) in [6.45, 7) is 4.37. The third kappa shape index (κ3) is 3.64. The van der Waals surface area contributed by atoms with E-state index >= 15 is 0 Å². The molecule has 0 unspecified atom stereocenters. The summed E-state index contributed by atoms with van der Waals surface area (Å²) in [7, 11) is 0. The lowest BCUT2D eigenvalue weighted by atomic mass is 10.0. The third-order valence-corrected chi connectivity index (χ3v) is 4.91. The van der Waals surface area contributed by atoms with E-state index in [1.54, 1.807) is 11.0 Å². The number of anilines is 1. The first-order valence-corrected chi connectivity index (χ1v) is 8.31. The molecule has 126 valence electrons. The lowest BCUT2D eigenvalue weighted by Crippen LogP contribution is -2.56. The van der Waals surface area contributed by atoms with Crippen LogP contribution in [0.4, 0.5) is 10.1 Å². The van der Waals surface area contributed by atoms with Crippen LogP contribution >= 0.6 is 0 Å². The molecule has 0 spiro atoms. The Morgan fingerprint density at radius 2 is 1.91 bits per heavy atom. The number of likely N-dealkylation sites (tertiary alicyclic amines) is 1. The van der Waals surface area contributed by atoms with E-state index in [1.807, 2.05) is 12.1 Å². The molecule has 2 aliphatic heterocycles. The maximum absolute atomic E-state index is 13.9. The minimum absolute atomic E-state index is 0.168. The van der Waals surface area contributed by atoms with Gasteiger partial charge in [-0.1, -0.05) is 12.1 Å². The number of carbonyl (C=O) groups excluding carboxylic acids is 1. The van der Waals surface area contributed by atoms with E-state index in [9.17, 15) is 9.18 Å². The number of para-hydroxylation sites is 1. The Kier molecular flexibility index (Phi) is 5.13. The Bertz CT molecular complexity index is 546. The second-order valence-electron chi connectivity index (χ2n) is 6.27. The number of benzene rings is 1. The molecule has 0 saturated carbocycles. The molecular weight excluding hydrogens is 297 g/mol. The second-order valence-corrected chi connectivity index (χ2v) is 6.27. The van der Waals surface area contributed by atoms with E-state index < -0.39 is 6.61 Å². The topological polar surface area (TPSA) is 47.0 Å². The molecule has 2 heterocycles. The molecule has 2 saturated heterocycles. The predicted octanol–water partition coefficient (Wildman–Crippen LogP) is 0.931. The van der Waals surface area contributed by atoms with E-state index in [0.29, 0.717) is 18.3 Å². The van der Waals surface area contributed by atoms with Crippen molar-refractivity contribution >= 4 is 11.6 Å². The van der Waals surface area contributed by atoms with Crippen molar-refractivity contribution in [3.8, 4) is 0 Å². The van der Waals surface area contributed by atoms with E-state index in [2.05, 4.69) is 9.80 Å². The highest BCUT2D eigenvalue weighted by molar-refractivity contribution is 5.77. The smallest absolute Gasteiger partial charge is 0.248 e. The molecule has 3 rings (SSSR count). The zero-order valence-electron chi connectivity index (χ0n) is 13.3. The molecule has 2 aliphatic rings. The summed E-state index contributed by atoms with van der Waals surface area (Å²) in [5, 5.41) is 9.02. The standard InChI is InChI=1S/C17H24FN3O2/c18-15-5-1-2-6-16(15)20-10-8-19(9-11-20)14-4-3-7-21(12-14)17(23)13-22/h1-2,5-6,14,22H,3-4,7-13H2/t14-/m1/s1. The van der Waals surface area contributed by atoms with Gasteiger partial charge in [-0.25, -0.2) is 4.39 Å². The van der Waals surface area contributed by atoms with Crippen LogP contribution in [-0.4, -0.2) is 72.7 Å². The summed E-state index contributed by atoms with van der Waals surface area (Å²) in [4.78, 5) is 17.9. The Hall–Kier alpha value is -1.66. The summed E-state index contributed by atoms with van der Waals surface area (Å²) < 4.78 is 13.9. The summed E-state index contributed by atoms with van der Waals surface area (Å²) in [6.07, 6.45) is 2.05. The normalized spacial score (nSPS) is 23.1. The summed E-state index contributed by atoms with van der Waals surface area (Å²) in [5.41, 5.74) is 0.674. The highest BCUT2D eigenvalue weighted by Crippen LogP contribution is 2.23. The van der Waals surface area contributed by atoms with Crippen molar-refractivity contribution in [2.24, 2.45) is 0 Å². The van der Waals surface area contributed by atoms with Gasteiger partial charge in [-0.2, -0.15) is 0 Å². The Morgan fingerprint density at radius 1 is 1.17 bits per heavy atom. The molecule has 0 aromatic heterocycles. The maximum atomic E-state index is 13.9. The summed E-state index contributed by atoms with van der Waals surface area (Å²) >= 11 is 0. The molecule has 0 aliphatic carbocycles. The lowest BCUT2D eigenvalue weighted by molar-refractivity contribution is -0.136. The van der Waals surface area contributed by atoms with Gasteiger partial charge in [0.15, 0.2) is 0 Å². The summed E-state index contributed by atoms with van der Waals surface area (Å²) in [6, 6.07) is 7.25. The number of hydrogen-bond acceptors (Lipinski definition) is 4. The van der Waals surface area contributed by atoms with Gasteiger partial charge in [0.05, 0.1) is 5.69 Å². The zero-order chi connectivity index (χ0) is 16.2. The van der Waals surface area contributed by atoms with Crippen LogP contribution in [0, 0.1) is 5.82 Å². The van der Waals surface area contributed by atoms with Gasteiger partial charge in [-0.05, 0) is 25.0 Å². The number of carbonyl (C=O) groups is 1. The molecule has 0 radical (unpaired) electrons. The number of amides is 1. The van der Waals surface area contributed by atoms with Crippen LogP contribution in [0.25, 0.3) is 0 Å². The number of halogens is 1. The molecular formula is C17H24FN3O2. The molecule has 6 heteroatoms. The van der Waals surface area contributed by atoms with Crippen molar-refractivity contribution in [3.05, 3.63) is 30.1 Å². The molecule has 1 N–H and O–H groups in total. The van der Waals surface area contributed by atoms with Crippen LogP contribution in [0.3, 0.4) is 0 Å². The highest BCUT2D eigenvalue weighted by atomic mass is 19.1. The monoisotopic (exact) mass is 321 g/mol. The number of rotatable bonds is 3. The fraction of sp³-hybridized carbons (Fsp3) is 0.588. The van der Waals surface area contributed by atoms with E-state index in [-0.39, 0.29) is 11.7 Å². The van der Waals surface area contributed by atoms with E-state index in [1.165, 1.54) is 6.07 Å². The van der Waals surface area contributed by atoms with Crippen LogP contribution in [-0.2, 0) is 4.79 Å². The largest absolute Gasteiger partial charge is 0.387 e. The van der Waals surface area contributed by atoms with Crippen molar-refractivity contribution < 1.29 is 14.3 Å². The zero-order valence-corrected chi connectivity index (χ0v) is 13.3. The number of aliphatic hydroxyl groups is 1. The van der Waals surface area contributed by atoms with Gasteiger partial charge in [-0.3, -0.25) is 9.69 Å². The lowest BCUT2D eigenvalue weighted by Gasteiger charge is -2.43. The van der Waals surface area contributed by atoms with Crippen molar-refractivity contribution in [1.82, 2.24) is 9.80 Å². The van der Waals surface area contributed by atoms with Crippen molar-refractivity contribution in [1.29, 1.82) is 0 Å². The van der Waals surface area contributed by atoms with Crippen molar-refractivity contribution in [2.45, 2.75) is 18.9 Å². The van der Waals surface area contributed by atoms with Gasteiger partial charge >= 0.3 is 0 Å². The SMILES string of the molecule is O=C(CO)N1CCC[C@@H](N2CCN(c3ccccc3F)CC2)C1.